The van der Waals surface area contributed by atoms with E-state index in [2.05, 4.69) is 25.7 Å². The maximum atomic E-state index is 10.7. The summed E-state index contributed by atoms with van der Waals surface area (Å²) in [6.07, 6.45) is 0. The van der Waals surface area contributed by atoms with Crippen molar-refractivity contribution in [2.24, 2.45) is 10.8 Å². The molecule has 1 aliphatic rings. The van der Waals surface area contributed by atoms with Gasteiger partial charge in [0.15, 0.2) is 11.5 Å². The zero-order chi connectivity index (χ0) is 16.2. The molecule has 1 aromatic carbocycles. The van der Waals surface area contributed by atoms with Crippen molar-refractivity contribution in [3.05, 3.63) is 23.8 Å². The van der Waals surface area contributed by atoms with E-state index in [0.29, 0.717) is 16.9 Å². The topological polar surface area (TPSA) is 128 Å². The standard InChI is InChI=1S/C13H14N6O3S/c1-7(8-2-3-9-10(4-8)22-6-21-9)16-17-12-15-13(19-18-12)23-5-11(14)20/h2-4H,5-6H2,1H3,(H2,14,20)(H2,15,17,18,19)/b16-7+. The second-order valence-corrected chi connectivity index (χ2v) is 5.54. The van der Waals surface area contributed by atoms with Gasteiger partial charge in [-0.2, -0.15) is 10.1 Å². The predicted octanol–water partition coefficient (Wildman–Crippen LogP) is 0.947. The molecule has 1 amide bonds. The number of ether oxygens (including phenoxy) is 2. The van der Waals surface area contributed by atoms with Crippen molar-refractivity contribution in [2.45, 2.75) is 12.1 Å². The molecule has 0 radical (unpaired) electrons. The molecule has 0 unspecified atom stereocenters. The van der Waals surface area contributed by atoms with Gasteiger partial charge in [-0.25, -0.2) is 10.5 Å². The van der Waals surface area contributed by atoms with Crippen LogP contribution >= 0.6 is 11.8 Å². The number of carbonyl (C=O) groups excluding carboxylic acids is 1. The van der Waals surface area contributed by atoms with Crippen molar-refractivity contribution in [1.82, 2.24) is 15.2 Å². The maximum Gasteiger partial charge on any atom is 0.240 e. The Balaban J connectivity index is 1.64. The molecule has 3 rings (SSSR count). The fourth-order valence-corrected chi connectivity index (χ4v) is 2.36. The molecule has 0 fully saturated rings. The fraction of sp³-hybridized carbons (Fsp3) is 0.231. The number of rotatable bonds is 6. The smallest absolute Gasteiger partial charge is 0.240 e. The average Bonchev–Trinajstić information content (AvgIpc) is 3.18. The Morgan fingerprint density at radius 3 is 3.13 bits per heavy atom. The molecule has 1 aromatic heterocycles. The first kappa shape index (κ1) is 15.2. The van der Waals surface area contributed by atoms with Crippen LogP contribution in [0, 0.1) is 0 Å². The molecule has 120 valence electrons. The van der Waals surface area contributed by atoms with E-state index in [4.69, 9.17) is 15.2 Å². The average molecular weight is 334 g/mol. The summed E-state index contributed by atoms with van der Waals surface area (Å²) in [6.45, 7) is 2.08. The molecule has 10 heteroatoms. The van der Waals surface area contributed by atoms with E-state index in [1.807, 2.05) is 25.1 Å². The number of fused-ring (bicyclic) bond motifs is 1. The number of benzene rings is 1. The van der Waals surface area contributed by atoms with Gasteiger partial charge in [0.2, 0.25) is 23.8 Å². The van der Waals surface area contributed by atoms with Gasteiger partial charge in [-0.05, 0) is 25.1 Å². The lowest BCUT2D eigenvalue weighted by atomic mass is 10.1. The SMILES string of the molecule is C/C(=N\Nc1nc(SCC(N)=O)n[nH]1)c1ccc2c(c1)OCO2. The number of hydrogen-bond donors (Lipinski definition) is 3. The van der Waals surface area contributed by atoms with Crippen LogP contribution in [0.1, 0.15) is 12.5 Å². The number of H-pyrrole nitrogens is 1. The van der Waals surface area contributed by atoms with Gasteiger partial charge in [0.05, 0.1) is 11.5 Å². The number of nitrogens with two attached hydrogens (primary N) is 1. The monoisotopic (exact) mass is 334 g/mol. The Labute approximate surface area is 135 Å². The maximum absolute atomic E-state index is 10.7. The molecule has 23 heavy (non-hydrogen) atoms. The van der Waals surface area contributed by atoms with Gasteiger partial charge in [-0.1, -0.05) is 11.8 Å². The first-order valence-electron chi connectivity index (χ1n) is 6.65. The van der Waals surface area contributed by atoms with Crippen molar-refractivity contribution in [3.63, 3.8) is 0 Å². The molecule has 0 saturated carbocycles. The Morgan fingerprint density at radius 2 is 2.30 bits per heavy atom. The van der Waals surface area contributed by atoms with Gasteiger partial charge in [0, 0.05) is 5.56 Å². The summed E-state index contributed by atoms with van der Waals surface area (Å²) in [5.41, 5.74) is 9.48. The number of carbonyl (C=O) groups is 1. The lowest BCUT2D eigenvalue weighted by Gasteiger charge is -2.02. The molecule has 4 N–H and O–H groups in total. The second-order valence-electron chi connectivity index (χ2n) is 4.60. The quantitative estimate of drug-likeness (QED) is 0.407. The Bertz CT molecular complexity index is 760. The summed E-state index contributed by atoms with van der Waals surface area (Å²) in [5.74, 6) is 1.49. The van der Waals surface area contributed by atoms with Gasteiger partial charge in [0.25, 0.3) is 0 Å². The highest BCUT2D eigenvalue weighted by Gasteiger charge is 2.14. The molecule has 0 bridgehead atoms. The Morgan fingerprint density at radius 1 is 1.48 bits per heavy atom. The minimum atomic E-state index is -0.425. The molecule has 0 aliphatic carbocycles. The number of thioether (sulfide) groups is 1. The Hall–Kier alpha value is -2.75. The zero-order valence-electron chi connectivity index (χ0n) is 12.2. The molecule has 9 nitrogen and oxygen atoms in total. The summed E-state index contributed by atoms with van der Waals surface area (Å²) in [6, 6.07) is 5.59. The lowest BCUT2D eigenvalue weighted by Crippen LogP contribution is -2.13. The zero-order valence-corrected chi connectivity index (χ0v) is 13.0. The van der Waals surface area contributed by atoms with E-state index in [1.165, 1.54) is 0 Å². The number of aromatic amines is 1. The fourth-order valence-electron chi connectivity index (χ4n) is 1.82. The van der Waals surface area contributed by atoms with Gasteiger partial charge in [-0.3, -0.25) is 4.79 Å². The Kier molecular flexibility index (Phi) is 4.33. The molecule has 2 aromatic rings. The number of anilines is 1. The minimum absolute atomic E-state index is 0.122. The molecule has 0 saturated heterocycles. The van der Waals surface area contributed by atoms with E-state index in [0.717, 1.165) is 28.8 Å². The van der Waals surface area contributed by atoms with Gasteiger partial charge in [0.1, 0.15) is 0 Å². The number of aromatic nitrogens is 3. The van der Waals surface area contributed by atoms with E-state index < -0.39 is 5.91 Å². The number of nitrogens with one attached hydrogen (secondary N) is 2. The third-order valence-corrected chi connectivity index (χ3v) is 3.80. The normalized spacial score (nSPS) is 13.2. The van der Waals surface area contributed by atoms with Gasteiger partial charge in [-0.15, -0.1) is 5.10 Å². The van der Waals surface area contributed by atoms with E-state index in [9.17, 15) is 4.79 Å². The minimum Gasteiger partial charge on any atom is -0.454 e. The number of nitrogens with zero attached hydrogens (tertiary/aromatic N) is 3. The number of primary amides is 1. The second kappa shape index (κ2) is 6.57. The predicted molar refractivity (Wildman–Crippen MR) is 84.7 cm³/mol. The van der Waals surface area contributed by atoms with Crippen LogP contribution in [-0.4, -0.2) is 39.3 Å². The van der Waals surface area contributed by atoms with Crippen LogP contribution in [0.5, 0.6) is 11.5 Å². The molecule has 0 spiro atoms. The number of hydrogen-bond acceptors (Lipinski definition) is 8. The van der Waals surface area contributed by atoms with Crippen LogP contribution in [-0.2, 0) is 4.79 Å². The van der Waals surface area contributed by atoms with Crippen LogP contribution < -0.4 is 20.6 Å². The molecule has 0 atom stereocenters. The largest absolute Gasteiger partial charge is 0.454 e. The highest BCUT2D eigenvalue weighted by atomic mass is 32.2. The third kappa shape index (κ3) is 3.72. The molecule has 2 heterocycles. The van der Waals surface area contributed by atoms with Crippen LogP contribution in [0.15, 0.2) is 28.5 Å². The first-order valence-corrected chi connectivity index (χ1v) is 7.64. The van der Waals surface area contributed by atoms with Crippen molar-refractivity contribution in [3.8, 4) is 11.5 Å². The summed E-state index contributed by atoms with van der Waals surface area (Å²) < 4.78 is 10.6. The van der Waals surface area contributed by atoms with E-state index in [1.54, 1.807) is 0 Å². The van der Waals surface area contributed by atoms with E-state index in [-0.39, 0.29) is 12.5 Å². The summed E-state index contributed by atoms with van der Waals surface area (Å²) in [5, 5.41) is 11.3. The molecular weight excluding hydrogens is 320 g/mol. The van der Waals surface area contributed by atoms with Crippen molar-refractivity contribution < 1.29 is 14.3 Å². The molecule has 1 aliphatic heterocycles. The lowest BCUT2D eigenvalue weighted by molar-refractivity contribution is -0.115. The third-order valence-electron chi connectivity index (χ3n) is 2.93. The number of amides is 1. The summed E-state index contributed by atoms with van der Waals surface area (Å²) >= 11 is 1.15. The van der Waals surface area contributed by atoms with Crippen molar-refractivity contribution in [1.29, 1.82) is 0 Å². The van der Waals surface area contributed by atoms with Crippen molar-refractivity contribution in [2.75, 3.05) is 18.0 Å². The highest BCUT2D eigenvalue weighted by Crippen LogP contribution is 2.32. The number of hydrazone groups is 1. The van der Waals surface area contributed by atoms with Gasteiger partial charge >= 0.3 is 0 Å². The highest BCUT2D eigenvalue weighted by molar-refractivity contribution is 7.99. The van der Waals surface area contributed by atoms with Crippen LogP contribution in [0.3, 0.4) is 0 Å². The molecular formula is C13H14N6O3S. The summed E-state index contributed by atoms with van der Waals surface area (Å²) in [7, 11) is 0. The van der Waals surface area contributed by atoms with E-state index >= 15 is 0 Å². The van der Waals surface area contributed by atoms with Crippen LogP contribution in [0.2, 0.25) is 0 Å². The van der Waals surface area contributed by atoms with Gasteiger partial charge < -0.3 is 15.2 Å². The van der Waals surface area contributed by atoms with Crippen LogP contribution in [0.25, 0.3) is 0 Å². The first-order chi connectivity index (χ1) is 11.1. The van der Waals surface area contributed by atoms with Crippen LogP contribution in [0.4, 0.5) is 5.95 Å². The van der Waals surface area contributed by atoms with Crippen molar-refractivity contribution >= 4 is 29.3 Å². The summed E-state index contributed by atoms with van der Waals surface area (Å²) in [4.78, 5) is 14.8.